The molecule has 0 saturated carbocycles. The van der Waals surface area contributed by atoms with Crippen molar-refractivity contribution in [2.45, 2.75) is 13.3 Å². The van der Waals surface area contributed by atoms with Crippen LogP contribution in [0.25, 0.3) is 0 Å². The van der Waals surface area contributed by atoms with Crippen molar-refractivity contribution in [1.82, 2.24) is 9.97 Å². The first-order valence-corrected chi connectivity index (χ1v) is 4.09. The van der Waals surface area contributed by atoms with E-state index < -0.39 is 18.9 Å². The molecule has 82 valence electrons. The average Bonchev–Trinajstić information content (AvgIpc) is 2.14. The molecule has 0 spiro atoms. The predicted molar refractivity (Wildman–Crippen MR) is 48.2 cm³/mol. The second-order valence-corrected chi connectivity index (χ2v) is 2.77. The van der Waals surface area contributed by atoms with Crippen molar-refractivity contribution in [2.75, 3.05) is 11.9 Å². The minimum absolute atomic E-state index is 0.00204. The maximum Gasteiger partial charge on any atom is 0.339 e. The first kappa shape index (κ1) is 11.3. The molecule has 0 unspecified atom stereocenters. The fourth-order valence-corrected chi connectivity index (χ4v) is 0.931. The standard InChI is InChI=1S/C8H9F2N3O2/c1-4-5(7(14)15)2-11-8(13-4)12-3-6(9)10/h2,6H,3H2,1H3,(H,14,15)(H,11,12,13). The van der Waals surface area contributed by atoms with E-state index in [4.69, 9.17) is 5.11 Å². The smallest absolute Gasteiger partial charge is 0.339 e. The molecular weight excluding hydrogens is 208 g/mol. The molecule has 0 aliphatic heterocycles. The number of rotatable bonds is 4. The zero-order valence-electron chi connectivity index (χ0n) is 7.87. The van der Waals surface area contributed by atoms with Crippen LogP contribution < -0.4 is 5.32 Å². The Morgan fingerprint density at radius 3 is 2.80 bits per heavy atom. The number of alkyl halides is 2. The molecule has 5 nitrogen and oxygen atoms in total. The van der Waals surface area contributed by atoms with E-state index in [0.29, 0.717) is 0 Å². The van der Waals surface area contributed by atoms with Gasteiger partial charge in [-0.3, -0.25) is 0 Å². The van der Waals surface area contributed by atoms with Gasteiger partial charge < -0.3 is 10.4 Å². The summed E-state index contributed by atoms with van der Waals surface area (Å²) >= 11 is 0. The van der Waals surface area contributed by atoms with Crippen LogP contribution in [0.2, 0.25) is 0 Å². The maximum absolute atomic E-state index is 11.8. The van der Waals surface area contributed by atoms with Gasteiger partial charge in [0.2, 0.25) is 5.95 Å². The highest BCUT2D eigenvalue weighted by Crippen LogP contribution is 2.07. The molecule has 0 radical (unpaired) electrons. The Labute approximate surface area is 84.2 Å². The Bertz CT molecular complexity index is 371. The van der Waals surface area contributed by atoms with Crippen molar-refractivity contribution in [3.8, 4) is 0 Å². The van der Waals surface area contributed by atoms with Crippen LogP contribution in [0.4, 0.5) is 14.7 Å². The highest BCUT2D eigenvalue weighted by atomic mass is 19.3. The van der Waals surface area contributed by atoms with Crippen LogP contribution in [0.5, 0.6) is 0 Å². The summed E-state index contributed by atoms with van der Waals surface area (Å²) in [6.45, 7) is 0.907. The van der Waals surface area contributed by atoms with Crippen molar-refractivity contribution in [1.29, 1.82) is 0 Å². The molecule has 7 heteroatoms. The molecule has 0 saturated heterocycles. The number of hydrogen-bond acceptors (Lipinski definition) is 4. The number of carboxylic acid groups (broad SMARTS) is 1. The molecule has 0 aliphatic carbocycles. The number of aryl methyl sites for hydroxylation is 1. The Kier molecular flexibility index (Phi) is 3.48. The summed E-state index contributed by atoms with van der Waals surface area (Å²) < 4.78 is 23.6. The van der Waals surface area contributed by atoms with Crippen molar-refractivity contribution in [3.63, 3.8) is 0 Å². The molecule has 0 aliphatic rings. The van der Waals surface area contributed by atoms with E-state index >= 15 is 0 Å². The normalized spacial score (nSPS) is 10.4. The van der Waals surface area contributed by atoms with Gasteiger partial charge in [0.15, 0.2) is 0 Å². The summed E-state index contributed by atoms with van der Waals surface area (Å²) in [5.74, 6) is -1.15. The minimum atomic E-state index is -2.51. The third kappa shape index (κ3) is 3.12. The summed E-state index contributed by atoms with van der Waals surface area (Å²) in [6, 6.07) is 0. The van der Waals surface area contributed by atoms with Crippen molar-refractivity contribution in [2.24, 2.45) is 0 Å². The van der Waals surface area contributed by atoms with Gasteiger partial charge in [0, 0.05) is 6.20 Å². The van der Waals surface area contributed by atoms with Gasteiger partial charge in [-0.2, -0.15) is 0 Å². The molecule has 1 rings (SSSR count). The topological polar surface area (TPSA) is 75.1 Å². The highest BCUT2D eigenvalue weighted by molar-refractivity contribution is 5.88. The van der Waals surface area contributed by atoms with Gasteiger partial charge in [0.25, 0.3) is 6.43 Å². The van der Waals surface area contributed by atoms with Gasteiger partial charge in [-0.05, 0) is 6.92 Å². The molecule has 1 aromatic rings. The van der Waals surface area contributed by atoms with Gasteiger partial charge in [-0.1, -0.05) is 0 Å². The van der Waals surface area contributed by atoms with E-state index in [9.17, 15) is 13.6 Å². The van der Waals surface area contributed by atoms with Crippen LogP contribution >= 0.6 is 0 Å². The Morgan fingerprint density at radius 1 is 1.67 bits per heavy atom. The summed E-state index contributed by atoms with van der Waals surface area (Å²) in [6.07, 6.45) is -1.42. The zero-order chi connectivity index (χ0) is 11.4. The Morgan fingerprint density at radius 2 is 2.33 bits per heavy atom. The SMILES string of the molecule is Cc1nc(NCC(F)F)ncc1C(=O)O. The Hall–Kier alpha value is -1.79. The number of carboxylic acids is 1. The van der Waals surface area contributed by atoms with Gasteiger partial charge in [-0.15, -0.1) is 0 Å². The first-order valence-electron chi connectivity index (χ1n) is 4.09. The van der Waals surface area contributed by atoms with E-state index in [1.807, 2.05) is 0 Å². The molecule has 0 amide bonds. The van der Waals surface area contributed by atoms with Crippen LogP contribution in [-0.2, 0) is 0 Å². The van der Waals surface area contributed by atoms with Crippen molar-refractivity contribution >= 4 is 11.9 Å². The number of hydrogen-bond donors (Lipinski definition) is 2. The third-order valence-electron chi connectivity index (χ3n) is 1.62. The molecule has 15 heavy (non-hydrogen) atoms. The summed E-state index contributed by atoms with van der Waals surface area (Å²) in [5, 5.41) is 10.9. The van der Waals surface area contributed by atoms with Crippen LogP contribution in [0.15, 0.2) is 6.20 Å². The van der Waals surface area contributed by atoms with Gasteiger partial charge in [-0.25, -0.2) is 23.5 Å². The van der Waals surface area contributed by atoms with Gasteiger partial charge in [0.05, 0.1) is 17.8 Å². The third-order valence-corrected chi connectivity index (χ3v) is 1.62. The number of aromatic carboxylic acids is 1. The lowest BCUT2D eigenvalue weighted by molar-refractivity contribution is 0.0695. The largest absolute Gasteiger partial charge is 0.478 e. The van der Waals surface area contributed by atoms with Crippen LogP contribution in [0, 0.1) is 6.92 Å². The van der Waals surface area contributed by atoms with E-state index in [1.54, 1.807) is 0 Å². The quantitative estimate of drug-likeness (QED) is 0.791. The second-order valence-electron chi connectivity index (χ2n) is 2.77. The molecule has 0 fully saturated rings. The summed E-state index contributed by atoms with van der Waals surface area (Å²) in [7, 11) is 0. The summed E-state index contributed by atoms with van der Waals surface area (Å²) in [4.78, 5) is 17.9. The van der Waals surface area contributed by atoms with Crippen LogP contribution in [0.1, 0.15) is 16.1 Å². The van der Waals surface area contributed by atoms with E-state index in [1.165, 1.54) is 6.92 Å². The van der Waals surface area contributed by atoms with E-state index in [-0.39, 0.29) is 17.2 Å². The van der Waals surface area contributed by atoms with E-state index in [2.05, 4.69) is 15.3 Å². The fraction of sp³-hybridized carbons (Fsp3) is 0.375. The fourth-order valence-electron chi connectivity index (χ4n) is 0.931. The lowest BCUT2D eigenvalue weighted by Crippen LogP contribution is -2.14. The van der Waals surface area contributed by atoms with Crippen molar-refractivity contribution in [3.05, 3.63) is 17.5 Å². The summed E-state index contributed by atoms with van der Waals surface area (Å²) in [5.41, 5.74) is 0.187. The number of aromatic nitrogens is 2. The predicted octanol–water partition coefficient (Wildman–Crippen LogP) is 1.16. The molecular formula is C8H9F2N3O2. The monoisotopic (exact) mass is 217 g/mol. The number of halogens is 2. The highest BCUT2D eigenvalue weighted by Gasteiger charge is 2.10. The molecule has 0 atom stereocenters. The van der Waals surface area contributed by atoms with Crippen LogP contribution in [0.3, 0.4) is 0 Å². The number of carbonyl (C=O) groups is 1. The molecule has 0 bridgehead atoms. The second kappa shape index (κ2) is 4.63. The molecule has 2 N–H and O–H groups in total. The van der Waals surface area contributed by atoms with Crippen molar-refractivity contribution < 1.29 is 18.7 Å². The molecule has 1 aromatic heterocycles. The Balaban J connectivity index is 2.78. The van der Waals surface area contributed by atoms with Crippen LogP contribution in [-0.4, -0.2) is 34.0 Å². The van der Waals surface area contributed by atoms with Gasteiger partial charge >= 0.3 is 5.97 Å². The van der Waals surface area contributed by atoms with E-state index in [0.717, 1.165) is 6.20 Å². The zero-order valence-corrected chi connectivity index (χ0v) is 7.87. The number of nitrogens with zero attached hydrogens (tertiary/aromatic N) is 2. The first-order chi connectivity index (χ1) is 7.00. The minimum Gasteiger partial charge on any atom is -0.478 e. The lowest BCUT2D eigenvalue weighted by Gasteiger charge is -2.05. The average molecular weight is 217 g/mol. The number of nitrogens with one attached hydrogen (secondary N) is 1. The maximum atomic E-state index is 11.8. The lowest BCUT2D eigenvalue weighted by atomic mass is 10.2. The van der Waals surface area contributed by atoms with Gasteiger partial charge in [0.1, 0.15) is 0 Å². The number of anilines is 1. The molecule has 1 heterocycles. The molecule has 0 aromatic carbocycles.